The predicted molar refractivity (Wildman–Crippen MR) is 94.6 cm³/mol. The van der Waals surface area contributed by atoms with Crippen LogP contribution in [-0.2, 0) is 4.84 Å². The molecule has 1 heterocycles. The molecule has 7 nitrogen and oxygen atoms in total. The second-order valence-electron chi connectivity index (χ2n) is 5.45. The maximum atomic E-state index is 12.3. The third-order valence-electron chi connectivity index (χ3n) is 3.95. The summed E-state index contributed by atoms with van der Waals surface area (Å²) in [5.41, 5.74) is 1.73. The van der Waals surface area contributed by atoms with Crippen molar-refractivity contribution in [1.82, 2.24) is 0 Å². The van der Waals surface area contributed by atoms with E-state index in [1.165, 1.54) is 14.2 Å². The molecule has 0 fully saturated rings. The number of fused-ring (bicyclic) bond motifs is 1. The standard InChI is InChI=1S/C19H19NO6/c1-22-13-5-6-14-15(8-9-25-17(14)11-13)20-26-19(21)12-4-7-16(23-2)18(10-12)24-3/h4-7,10-11H,8-9H2,1-3H3/b20-15+. The van der Waals surface area contributed by atoms with Crippen LogP contribution in [0.5, 0.6) is 23.0 Å². The normalized spacial score (nSPS) is 14.2. The molecule has 0 N–H and O–H groups in total. The monoisotopic (exact) mass is 357 g/mol. The summed E-state index contributed by atoms with van der Waals surface area (Å²) < 4.78 is 21.1. The molecule has 7 heteroatoms. The highest BCUT2D eigenvalue weighted by atomic mass is 16.7. The van der Waals surface area contributed by atoms with Crippen molar-refractivity contribution in [2.75, 3.05) is 27.9 Å². The van der Waals surface area contributed by atoms with Crippen molar-refractivity contribution in [1.29, 1.82) is 0 Å². The van der Waals surface area contributed by atoms with Crippen molar-refractivity contribution in [2.45, 2.75) is 6.42 Å². The summed E-state index contributed by atoms with van der Waals surface area (Å²) in [6.07, 6.45) is 0.540. The molecule has 136 valence electrons. The van der Waals surface area contributed by atoms with Gasteiger partial charge in [-0.3, -0.25) is 0 Å². The SMILES string of the molecule is COc1ccc2c(c1)OCC/C2=N\OC(=O)c1ccc(OC)c(OC)c1. The minimum atomic E-state index is -0.583. The summed E-state index contributed by atoms with van der Waals surface area (Å²) in [7, 11) is 4.62. The summed E-state index contributed by atoms with van der Waals surface area (Å²) in [4.78, 5) is 17.4. The van der Waals surface area contributed by atoms with Crippen LogP contribution >= 0.6 is 0 Å². The van der Waals surface area contributed by atoms with E-state index in [2.05, 4.69) is 5.16 Å². The molecular weight excluding hydrogens is 338 g/mol. The number of carbonyl (C=O) groups is 1. The van der Waals surface area contributed by atoms with Gasteiger partial charge in [-0.1, -0.05) is 5.16 Å². The van der Waals surface area contributed by atoms with E-state index in [-0.39, 0.29) is 0 Å². The predicted octanol–water partition coefficient (Wildman–Crippen LogP) is 3.06. The van der Waals surface area contributed by atoms with Gasteiger partial charge in [0.05, 0.1) is 39.2 Å². The Balaban J connectivity index is 1.79. The quantitative estimate of drug-likeness (QED) is 0.605. The molecule has 0 saturated carbocycles. The Bertz CT molecular complexity index is 846. The molecule has 1 aliphatic heterocycles. The molecule has 0 aromatic heterocycles. The van der Waals surface area contributed by atoms with E-state index in [4.69, 9.17) is 23.8 Å². The Labute approximate surface area is 151 Å². The molecule has 0 bridgehead atoms. The minimum absolute atomic E-state index is 0.314. The number of hydrogen-bond donors (Lipinski definition) is 0. The molecule has 3 rings (SSSR count). The topological polar surface area (TPSA) is 75.6 Å². The maximum Gasteiger partial charge on any atom is 0.365 e. The summed E-state index contributed by atoms with van der Waals surface area (Å²) in [6.45, 7) is 0.451. The highest BCUT2D eigenvalue weighted by Gasteiger charge is 2.19. The third-order valence-corrected chi connectivity index (χ3v) is 3.95. The fourth-order valence-electron chi connectivity index (χ4n) is 2.59. The number of rotatable bonds is 5. The van der Waals surface area contributed by atoms with Crippen molar-refractivity contribution in [3.05, 3.63) is 47.5 Å². The van der Waals surface area contributed by atoms with E-state index in [0.29, 0.717) is 47.3 Å². The summed E-state index contributed by atoms with van der Waals surface area (Å²) in [5.74, 6) is 1.73. The lowest BCUT2D eigenvalue weighted by Gasteiger charge is -2.19. The van der Waals surface area contributed by atoms with Crippen molar-refractivity contribution in [3.8, 4) is 23.0 Å². The largest absolute Gasteiger partial charge is 0.497 e. The van der Waals surface area contributed by atoms with Gasteiger partial charge in [-0.2, -0.15) is 0 Å². The number of methoxy groups -OCH3 is 3. The fourth-order valence-corrected chi connectivity index (χ4v) is 2.59. The van der Waals surface area contributed by atoms with Crippen LogP contribution in [-0.4, -0.2) is 39.6 Å². The van der Waals surface area contributed by atoms with Gasteiger partial charge in [0, 0.05) is 18.1 Å². The number of benzene rings is 2. The molecule has 0 amide bonds. The summed E-state index contributed by atoms with van der Waals surface area (Å²) >= 11 is 0. The van der Waals surface area contributed by atoms with E-state index >= 15 is 0 Å². The Morgan fingerprint density at radius 2 is 1.81 bits per heavy atom. The van der Waals surface area contributed by atoms with Crippen molar-refractivity contribution < 1.29 is 28.6 Å². The Morgan fingerprint density at radius 1 is 1.00 bits per heavy atom. The van der Waals surface area contributed by atoms with E-state index in [9.17, 15) is 4.79 Å². The molecule has 0 radical (unpaired) electrons. The zero-order valence-corrected chi connectivity index (χ0v) is 14.8. The van der Waals surface area contributed by atoms with Crippen LogP contribution < -0.4 is 18.9 Å². The van der Waals surface area contributed by atoms with Gasteiger partial charge in [0.2, 0.25) is 0 Å². The fraction of sp³-hybridized carbons (Fsp3) is 0.263. The number of hydrogen-bond acceptors (Lipinski definition) is 7. The van der Waals surface area contributed by atoms with Crippen LogP contribution in [0.1, 0.15) is 22.3 Å². The average molecular weight is 357 g/mol. The van der Waals surface area contributed by atoms with Crippen molar-refractivity contribution in [2.24, 2.45) is 5.16 Å². The lowest BCUT2D eigenvalue weighted by Crippen LogP contribution is -2.17. The van der Waals surface area contributed by atoms with Crippen LogP contribution in [0.2, 0.25) is 0 Å². The first-order valence-electron chi connectivity index (χ1n) is 7.97. The van der Waals surface area contributed by atoms with E-state index < -0.39 is 5.97 Å². The second kappa shape index (κ2) is 7.77. The van der Waals surface area contributed by atoms with E-state index in [1.807, 2.05) is 6.07 Å². The average Bonchev–Trinajstić information content (AvgIpc) is 2.70. The number of carbonyl (C=O) groups excluding carboxylic acids is 1. The van der Waals surface area contributed by atoms with E-state index in [1.54, 1.807) is 37.4 Å². The highest BCUT2D eigenvalue weighted by molar-refractivity contribution is 6.04. The Morgan fingerprint density at radius 3 is 2.54 bits per heavy atom. The molecule has 0 atom stereocenters. The summed E-state index contributed by atoms with van der Waals surface area (Å²) in [6, 6.07) is 10.2. The van der Waals surface area contributed by atoms with Crippen LogP contribution in [0.25, 0.3) is 0 Å². The first kappa shape index (κ1) is 17.6. The molecule has 0 saturated heterocycles. The van der Waals surface area contributed by atoms with Crippen molar-refractivity contribution >= 4 is 11.7 Å². The number of ether oxygens (including phenoxy) is 4. The Hall–Kier alpha value is -3.22. The van der Waals surface area contributed by atoms with E-state index in [0.717, 1.165) is 5.56 Å². The number of nitrogens with zero attached hydrogens (tertiary/aromatic N) is 1. The lowest BCUT2D eigenvalue weighted by molar-refractivity contribution is 0.0514. The smallest absolute Gasteiger partial charge is 0.365 e. The van der Waals surface area contributed by atoms with Crippen molar-refractivity contribution in [3.63, 3.8) is 0 Å². The van der Waals surface area contributed by atoms with Gasteiger partial charge in [0.1, 0.15) is 11.5 Å². The zero-order valence-electron chi connectivity index (χ0n) is 14.8. The number of oxime groups is 1. The van der Waals surface area contributed by atoms with Gasteiger partial charge in [0.15, 0.2) is 11.5 Å². The van der Waals surface area contributed by atoms with Gasteiger partial charge >= 0.3 is 5.97 Å². The maximum absolute atomic E-state index is 12.3. The molecule has 1 aliphatic rings. The minimum Gasteiger partial charge on any atom is -0.497 e. The van der Waals surface area contributed by atoms with Crippen LogP contribution in [0.4, 0.5) is 0 Å². The molecule has 2 aromatic carbocycles. The Kier molecular flexibility index (Phi) is 5.26. The molecule has 26 heavy (non-hydrogen) atoms. The van der Waals surface area contributed by atoms with Gasteiger partial charge in [0.25, 0.3) is 0 Å². The van der Waals surface area contributed by atoms with Gasteiger partial charge < -0.3 is 23.8 Å². The first-order valence-corrected chi connectivity index (χ1v) is 7.97. The van der Waals surface area contributed by atoms with Gasteiger partial charge in [-0.15, -0.1) is 0 Å². The lowest BCUT2D eigenvalue weighted by atomic mass is 10.0. The summed E-state index contributed by atoms with van der Waals surface area (Å²) in [5, 5.41) is 4.03. The molecule has 0 spiro atoms. The second-order valence-corrected chi connectivity index (χ2v) is 5.45. The molecule has 0 unspecified atom stereocenters. The third kappa shape index (κ3) is 3.56. The molecule has 2 aromatic rings. The van der Waals surface area contributed by atoms with Gasteiger partial charge in [-0.05, 0) is 30.3 Å². The van der Waals surface area contributed by atoms with Crippen LogP contribution in [0, 0.1) is 0 Å². The van der Waals surface area contributed by atoms with Crippen LogP contribution in [0.15, 0.2) is 41.6 Å². The highest BCUT2D eigenvalue weighted by Crippen LogP contribution is 2.30. The zero-order chi connectivity index (χ0) is 18.5. The molecule has 0 aliphatic carbocycles. The van der Waals surface area contributed by atoms with Crippen LogP contribution in [0.3, 0.4) is 0 Å². The van der Waals surface area contributed by atoms with Gasteiger partial charge in [-0.25, -0.2) is 4.79 Å². The first-order chi connectivity index (χ1) is 12.7. The molecular formula is C19H19NO6.